The van der Waals surface area contributed by atoms with E-state index in [4.69, 9.17) is 0 Å². The maximum atomic E-state index is 3.62. The van der Waals surface area contributed by atoms with E-state index in [2.05, 4.69) is 50.4 Å². The summed E-state index contributed by atoms with van der Waals surface area (Å²) in [5, 5.41) is 3.62. The molecule has 0 fully saturated rings. The van der Waals surface area contributed by atoms with Gasteiger partial charge in [-0.2, -0.15) is 0 Å². The highest BCUT2D eigenvalue weighted by Crippen LogP contribution is 2.15. The van der Waals surface area contributed by atoms with Gasteiger partial charge in [0.25, 0.3) is 0 Å². The van der Waals surface area contributed by atoms with Crippen LogP contribution in [0.15, 0.2) is 24.3 Å². The Kier molecular flexibility index (Phi) is 9.19. The topological polar surface area (TPSA) is 12.0 Å². The lowest BCUT2D eigenvalue weighted by Crippen LogP contribution is -2.14. The molecule has 0 amide bonds. The smallest absolute Gasteiger partial charge is 0.0342 e. The summed E-state index contributed by atoms with van der Waals surface area (Å²) in [5.74, 6) is 0. The molecule has 0 saturated carbocycles. The van der Waals surface area contributed by atoms with Gasteiger partial charge in [0, 0.05) is 11.7 Å². The zero-order valence-electron chi connectivity index (χ0n) is 13.8. The normalized spacial score (nSPS) is 12.3. The summed E-state index contributed by atoms with van der Waals surface area (Å²) in [6.45, 7) is 6.82. The van der Waals surface area contributed by atoms with Crippen LogP contribution < -0.4 is 5.32 Å². The Morgan fingerprint density at radius 1 is 0.850 bits per heavy atom. The molecule has 0 aliphatic rings. The molecule has 0 spiro atoms. The molecule has 1 aromatic rings. The second kappa shape index (κ2) is 10.8. The van der Waals surface area contributed by atoms with Crippen LogP contribution in [0.4, 0.5) is 5.69 Å². The lowest BCUT2D eigenvalue weighted by molar-refractivity contribution is 0.578. The van der Waals surface area contributed by atoms with Crippen molar-refractivity contribution in [1.29, 1.82) is 0 Å². The van der Waals surface area contributed by atoms with Gasteiger partial charge in [-0.1, -0.05) is 64.5 Å². The fourth-order valence-electron chi connectivity index (χ4n) is 2.56. The highest BCUT2D eigenvalue weighted by Gasteiger charge is 2.02. The van der Waals surface area contributed by atoms with Gasteiger partial charge in [0.2, 0.25) is 0 Å². The molecule has 0 bridgehead atoms. The molecular weight excluding hydrogens is 242 g/mol. The number of rotatable bonds is 11. The first kappa shape index (κ1) is 17.1. The lowest BCUT2D eigenvalue weighted by atomic mass is 10.1. The van der Waals surface area contributed by atoms with E-state index in [0.717, 1.165) is 0 Å². The molecule has 1 aromatic carbocycles. The summed E-state index contributed by atoms with van der Waals surface area (Å²) in [5.41, 5.74) is 2.73. The van der Waals surface area contributed by atoms with Crippen LogP contribution in [0.2, 0.25) is 0 Å². The number of hydrogen-bond acceptors (Lipinski definition) is 1. The second-order valence-electron chi connectivity index (χ2n) is 6.05. The average Bonchev–Trinajstić information content (AvgIpc) is 2.46. The van der Waals surface area contributed by atoms with Crippen molar-refractivity contribution in [2.24, 2.45) is 0 Å². The SMILES string of the molecule is CCCCCCCC(C)Nc1ccc(CCCC)cc1. The van der Waals surface area contributed by atoms with Crippen LogP contribution in [0.1, 0.15) is 77.7 Å². The van der Waals surface area contributed by atoms with Gasteiger partial charge in [0.1, 0.15) is 0 Å². The number of unbranched alkanes of at least 4 members (excludes halogenated alkanes) is 5. The first-order valence-electron chi connectivity index (χ1n) is 8.61. The zero-order valence-corrected chi connectivity index (χ0v) is 13.8. The summed E-state index contributed by atoms with van der Waals surface area (Å²) < 4.78 is 0. The van der Waals surface area contributed by atoms with Crippen molar-refractivity contribution in [2.45, 2.75) is 84.6 Å². The standard InChI is InChI=1S/C19H33N/c1-4-6-8-9-10-11-17(3)20-19-15-13-18(14-16-19)12-7-5-2/h13-17,20H,4-12H2,1-3H3. The molecule has 0 radical (unpaired) electrons. The van der Waals surface area contributed by atoms with Gasteiger partial charge in [0.15, 0.2) is 0 Å². The molecule has 0 heterocycles. The predicted octanol–water partition coefficient (Wildman–Crippen LogP) is 6.19. The molecule has 20 heavy (non-hydrogen) atoms. The minimum atomic E-state index is 0.582. The summed E-state index contributed by atoms with van der Waals surface area (Å²) in [6, 6.07) is 9.59. The van der Waals surface area contributed by atoms with Gasteiger partial charge in [0.05, 0.1) is 0 Å². The van der Waals surface area contributed by atoms with Crippen molar-refractivity contribution >= 4 is 5.69 Å². The third-order valence-electron chi connectivity index (χ3n) is 3.93. The number of benzene rings is 1. The summed E-state index contributed by atoms with van der Waals surface area (Å²) in [6.07, 6.45) is 11.9. The Labute approximate surface area is 126 Å². The molecule has 0 aliphatic heterocycles. The Morgan fingerprint density at radius 3 is 2.15 bits per heavy atom. The maximum Gasteiger partial charge on any atom is 0.0342 e. The molecular formula is C19H33N. The Morgan fingerprint density at radius 2 is 1.50 bits per heavy atom. The van der Waals surface area contributed by atoms with Gasteiger partial charge in [-0.05, 0) is 43.9 Å². The predicted molar refractivity (Wildman–Crippen MR) is 91.5 cm³/mol. The van der Waals surface area contributed by atoms with E-state index in [9.17, 15) is 0 Å². The largest absolute Gasteiger partial charge is 0.383 e. The number of nitrogens with one attached hydrogen (secondary N) is 1. The fraction of sp³-hybridized carbons (Fsp3) is 0.684. The zero-order chi connectivity index (χ0) is 14.6. The molecule has 1 atom stereocenters. The number of aryl methyl sites for hydroxylation is 1. The molecule has 114 valence electrons. The molecule has 1 unspecified atom stereocenters. The van der Waals surface area contributed by atoms with Crippen LogP contribution in [0.5, 0.6) is 0 Å². The van der Waals surface area contributed by atoms with Crippen molar-refractivity contribution < 1.29 is 0 Å². The monoisotopic (exact) mass is 275 g/mol. The lowest BCUT2D eigenvalue weighted by Gasteiger charge is -2.15. The Balaban J connectivity index is 2.22. The van der Waals surface area contributed by atoms with Crippen LogP contribution in [-0.4, -0.2) is 6.04 Å². The summed E-state index contributed by atoms with van der Waals surface area (Å²) >= 11 is 0. The van der Waals surface area contributed by atoms with Gasteiger partial charge in [-0.15, -0.1) is 0 Å². The van der Waals surface area contributed by atoms with Crippen molar-refractivity contribution in [3.05, 3.63) is 29.8 Å². The molecule has 1 nitrogen and oxygen atoms in total. The van der Waals surface area contributed by atoms with E-state index in [1.54, 1.807) is 0 Å². The molecule has 0 saturated heterocycles. The van der Waals surface area contributed by atoms with Crippen molar-refractivity contribution in [2.75, 3.05) is 5.32 Å². The highest BCUT2D eigenvalue weighted by molar-refractivity contribution is 5.45. The van der Waals surface area contributed by atoms with Crippen molar-refractivity contribution in [3.8, 4) is 0 Å². The van der Waals surface area contributed by atoms with E-state index in [1.165, 1.54) is 69.0 Å². The molecule has 1 rings (SSSR count). The van der Waals surface area contributed by atoms with Gasteiger partial charge in [-0.25, -0.2) is 0 Å². The van der Waals surface area contributed by atoms with Gasteiger partial charge in [-0.3, -0.25) is 0 Å². The molecule has 0 aromatic heterocycles. The summed E-state index contributed by atoms with van der Waals surface area (Å²) in [7, 11) is 0. The van der Waals surface area contributed by atoms with Gasteiger partial charge >= 0.3 is 0 Å². The molecule has 0 aliphatic carbocycles. The van der Waals surface area contributed by atoms with E-state index in [0.29, 0.717) is 6.04 Å². The van der Waals surface area contributed by atoms with Crippen LogP contribution in [0.25, 0.3) is 0 Å². The molecule has 1 N–H and O–H groups in total. The highest BCUT2D eigenvalue weighted by atomic mass is 14.9. The minimum absolute atomic E-state index is 0.582. The maximum absolute atomic E-state index is 3.62. The Bertz CT molecular complexity index is 328. The van der Waals surface area contributed by atoms with Crippen LogP contribution in [-0.2, 0) is 6.42 Å². The van der Waals surface area contributed by atoms with E-state index >= 15 is 0 Å². The third-order valence-corrected chi connectivity index (χ3v) is 3.93. The third kappa shape index (κ3) is 7.57. The first-order chi connectivity index (χ1) is 9.76. The number of anilines is 1. The summed E-state index contributed by atoms with van der Waals surface area (Å²) in [4.78, 5) is 0. The van der Waals surface area contributed by atoms with Crippen molar-refractivity contribution in [3.63, 3.8) is 0 Å². The van der Waals surface area contributed by atoms with Crippen LogP contribution >= 0.6 is 0 Å². The van der Waals surface area contributed by atoms with E-state index in [1.807, 2.05) is 0 Å². The van der Waals surface area contributed by atoms with Crippen LogP contribution in [0.3, 0.4) is 0 Å². The quantitative estimate of drug-likeness (QED) is 0.475. The van der Waals surface area contributed by atoms with Crippen molar-refractivity contribution in [1.82, 2.24) is 0 Å². The second-order valence-corrected chi connectivity index (χ2v) is 6.05. The van der Waals surface area contributed by atoms with Crippen LogP contribution in [0, 0.1) is 0 Å². The average molecular weight is 275 g/mol. The fourth-order valence-corrected chi connectivity index (χ4v) is 2.56. The molecule has 1 heteroatoms. The van der Waals surface area contributed by atoms with E-state index in [-0.39, 0.29) is 0 Å². The van der Waals surface area contributed by atoms with Gasteiger partial charge < -0.3 is 5.32 Å². The number of hydrogen-bond donors (Lipinski definition) is 1. The Hall–Kier alpha value is -0.980. The first-order valence-corrected chi connectivity index (χ1v) is 8.61. The van der Waals surface area contributed by atoms with E-state index < -0.39 is 0 Å². The minimum Gasteiger partial charge on any atom is -0.383 e.